The summed E-state index contributed by atoms with van der Waals surface area (Å²) < 4.78 is 10.7. The molecule has 3 aromatic rings. The molecule has 0 saturated heterocycles. The largest absolute Gasteiger partial charge is 0.493 e. The van der Waals surface area contributed by atoms with Crippen molar-refractivity contribution in [2.24, 2.45) is 4.99 Å². The van der Waals surface area contributed by atoms with Crippen molar-refractivity contribution >= 4 is 16.9 Å². The first kappa shape index (κ1) is 19.6. The van der Waals surface area contributed by atoms with Crippen molar-refractivity contribution < 1.29 is 9.47 Å². The Balaban J connectivity index is 1.57. The van der Waals surface area contributed by atoms with Crippen LogP contribution in [-0.4, -0.2) is 50.7 Å². The minimum Gasteiger partial charge on any atom is -0.493 e. The van der Waals surface area contributed by atoms with E-state index in [0.717, 1.165) is 41.6 Å². The van der Waals surface area contributed by atoms with Gasteiger partial charge in [-0.05, 0) is 41.6 Å². The second-order valence-electron chi connectivity index (χ2n) is 6.64. The number of H-pyrrole nitrogens is 1. The number of nitrogens with zero attached hydrogens (tertiary/aromatic N) is 2. The van der Waals surface area contributed by atoms with Crippen molar-refractivity contribution in [3.8, 4) is 11.5 Å². The molecule has 0 bridgehead atoms. The Bertz CT molecular complexity index is 916. The van der Waals surface area contributed by atoms with Gasteiger partial charge >= 0.3 is 0 Å². The van der Waals surface area contributed by atoms with Gasteiger partial charge in [0.2, 0.25) is 0 Å². The van der Waals surface area contributed by atoms with E-state index in [9.17, 15) is 0 Å². The quantitative estimate of drug-likeness (QED) is 0.487. The molecule has 0 radical (unpaired) electrons. The Morgan fingerprint density at radius 2 is 1.86 bits per heavy atom. The molecule has 2 N–H and O–H groups in total. The highest BCUT2D eigenvalue weighted by Gasteiger charge is 2.09. The molecule has 0 fully saturated rings. The zero-order chi connectivity index (χ0) is 19.9. The second-order valence-corrected chi connectivity index (χ2v) is 6.64. The molecule has 0 aliphatic rings. The summed E-state index contributed by atoms with van der Waals surface area (Å²) in [5.41, 5.74) is 3.47. The summed E-state index contributed by atoms with van der Waals surface area (Å²) in [6.07, 6.45) is 0.879. The standard InChI is InChI=1S/C22H28N4O2/c1-23-22(24-15-18-14-17-7-5-6-8-19(17)25-18)26(2)12-11-16-9-10-20(27-3)21(13-16)28-4/h5-10,13-14,25H,11-12,15H2,1-4H3,(H,23,24). The summed E-state index contributed by atoms with van der Waals surface area (Å²) in [4.78, 5) is 9.96. The van der Waals surface area contributed by atoms with Gasteiger partial charge in [0.25, 0.3) is 0 Å². The Morgan fingerprint density at radius 3 is 2.57 bits per heavy atom. The molecule has 0 aliphatic carbocycles. The van der Waals surface area contributed by atoms with Crippen molar-refractivity contribution in [3.05, 3.63) is 59.8 Å². The SMILES string of the molecule is CN=C(NCc1cc2ccccc2[nH]1)N(C)CCc1ccc(OC)c(OC)c1. The van der Waals surface area contributed by atoms with Crippen LogP contribution in [-0.2, 0) is 13.0 Å². The molecule has 2 aromatic carbocycles. The number of hydrogen-bond donors (Lipinski definition) is 2. The van der Waals surface area contributed by atoms with Crippen LogP contribution < -0.4 is 14.8 Å². The highest BCUT2D eigenvalue weighted by atomic mass is 16.5. The van der Waals surface area contributed by atoms with Crippen LogP contribution in [0.25, 0.3) is 10.9 Å². The number of aromatic amines is 1. The van der Waals surface area contributed by atoms with Crippen LogP contribution in [0.4, 0.5) is 0 Å². The number of para-hydroxylation sites is 1. The van der Waals surface area contributed by atoms with Crippen molar-refractivity contribution in [2.45, 2.75) is 13.0 Å². The topological polar surface area (TPSA) is 61.9 Å². The van der Waals surface area contributed by atoms with Crippen molar-refractivity contribution in [1.82, 2.24) is 15.2 Å². The van der Waals surface area contributed by atoms with Gasteiger partial charge in [0.1, 0.15) is 0 Å². The summed E-state index contributed by atoms with van der Waals surface area (Å²) in [6.45, 7) is 1.53. The van der Waals surface area contributed by atoms with Crippen molar-refractivity contribution in [3.63, 3.8) is 0 Å². The summed E-state index contributed by atoms with van der Waals surface area (Å²) in [5.74, 6) is 2.36. The zero-order valence-corrected chi connectivity index (χ0v) is 17.0. The average molecular weight is 380 g/mol. The van der Waals surface area contributed by atoms with Gasteiger partial charge in [-0.15, -0.1) is 0 Å². The molecular weight excluding hydrogens is 352 g/mol. The van der Waals surface area contributed by atoms with E-state index < -0.39 is 0 Å². The van der Waals surface area contributed by atoms with Gasteiger partial charge in [0.05, 0.1) is 20.8 Å². The Hall–Kier alpha value is -3.15. The number of aromatic nitrogens is 1. The van der Waals surface area contributed by atoms with Crippen LogP contribution >= 0.6 is 0 Å². The highest BCUT2D eigenvalue weighted by Crippen LogP contribution is 2.27. The third-order valence-electron chi connectivity index (χ3n) is 4.78. The lowest BCUT2D eigenvalue weighted by Gasteiger charge is -2.22. The molecule has 0 unspecified atom stereocenters. The van der Waals surface area contributed by atoms with Gasteiger partial charge in [-0.3, -0.25) is 4.99 Å². The number of rotatable bonds is 7. The number of hydrogen-bond acceptors (Lipinski definition) is 3. The fourth-order valence-electron chi connectivity index (χ4n) is 3.23. The molecule has 6 heteroatoms. The monoisotopic (exact) mass is 380 g/mol. The van der Waals surface area contributed by atoms with E-state index in [1.807, 2.05) is 31.3 Å². The van der Waals surface area contributed by atoms with E-state index in [0.29, 0.717) is 6.54 Å². The van der Waals surface area contributed by atoms with Gasteiger partial charge in [-0.2, -0.15) is 0 Å². The number of nitrogens with one attached hydrogen (secondary N) is 2. The maximum absolute atomic E-state index is 5.39. The van der Waals surface area contributed by atoms with E-state index in [-0.39, 0.29) is 0 Å². The Labute approximate surface area is 166 Å². The average Bonchev–Trinajstić information content (AvgIpc) is 3.15. The predicted molar refractivity (Wildman–Crippen MR) is 114 cm³/mol. The van der Waals surface area contributed by atoms with Crippen molar-refractivity contribution in [1.29, 1.82) is 0 Å². The summed E-state index contributed by atoms with van der Waals surface area (Å²) >= 11 is 0. The first-order chi connectivity index (χ1) is 13.6. The smallest absolute Gasteiger partial charge is 0.193 e. The highest BCUT2D eigenvalue weighted by molar-refractivity contribution is 5.81. The van der Waals surface area contributed by atoms with Gasteiger partial charge in [-0.1, -0.05) is 24.3 Å². The van der Waals surface area contributed by atoms with E-state index >= 15 is 0 Å². The molecule has 6 nitrogen and oxygen atoms in total. The molecule has 0 saturated carbocycles. The van der Waals surface area contributed by atoms with E-state index in [4.69, 9.17) is 9.47 Å². The minimum atomic E-state index is 0.696. The predicted octanol–water partition coefficient (Wildman–Crippen LogP) is 3.44. The molecule has 28 heavy (non-hydrogen) atoms. The summed E-state index contributed by atoms with van der Waals surface area (Å²) in [7, 11) is 7.15. The van der Waals surface area contributed by atoms with E-state index in [1.54, 1.807) is 21.3 Å². The fraction of sp³-hybridized carbons (Fsp3) is 0.318. The summed E-state index contributed by atoms with van der Waals surface area (Å²) in [6, 6.07) is 16.5. The van der Waals surface area contributed by atoms with Crippen LogP contribution in [0.5, 0.6) is 11.5 Å². The third-order valence-corrected chi connectivity index (χ3v) is 4.78. The maximum atomic E-state index is 5.39. The van der Waals surface area contributed by atoms with Gasteiger partial charge in [0, 0.05) is 31.9 Å². The van der Waals surface area contributed by atoms with Gasteiger partial charge < -0.3 is 24.7 Å². The van der Waals surface area contributed by atoms with Crippen LogP contribution in [0.1, 0.15) is 11.3 Å². The number of likely N-dealkylation sites (N-methyl/N-ethyl adjacent to an activating group) is 1. The van der Waals surface area contributed by atoms with Crippen LogP contribution in [0, 0.1) is 0 Å². The number of ether oxygens (including phenoxy) is 2. The lowest BCUT2D eigenvalue weighted by Crippen LogP contribution is -2.39. The Kier molecular flexibility index (Phi) is 6.42. The lowest BCUT2D eigenvalue weighted by atomic mass is 10.1. The van der Waals surface area contributed by atoms with Gasteiger partial charge in [0.15, 0.2) is 17.5 Å². The minimum absolute atomic E-state index is 0.696. The fourth-order valence-corrected chi connectivity index (χ4v) is 3.23. The molecule has 0 amide bonds. The zero-order valence-electron chi connectivity index (χ0n) is 17.0. The number of aliphatic imine (C=N–C) groups is 1. The van der Waals surface area contributed by atoms with E-state index in [1.165, 1.54) is 10.9 Å². The van der Waals surface area contributed by atoms with Crippen molar-refractivity contribution in [2.75, 3.05) is 34.9 Å². The van der Waals surface area contributed by atoms with Crippen LogP contribution in [0.3, 0.4) is 0 Å². The van der Waals surface area contributed by atoms with Crippen LogP contribution in [0.2, 0.25) is 0 Å². The van der Waals surface area contributed by atoms with Crippen LogP contribution in [0.15, 0.2) is 53.5 Å². The Morgan fingerprint density at radius 1 is 1.07 bits per heavy atom. The number of methoxy groups -OCH3 is 2. The van der Waals surface area contributed by atoms with Gasteiger partial charge in [-0.25, -0.2) is 0 Å². The lowest BCUT2D eigenvalue weighted by molar-refractivity contribution is 0.354. The second kappa shape index (κ2) is 9.17. The molecule has 1 heterocycles. The number of fused-ring (bicyclic) bond motifs is 1. The molecule has 3 rings (SSSR count). The maximum Gasteiger partial charge on any atom is 0.193 e. The summed E-state index contributed by atoms with van der Waals surface area (Å²) in [5, 5.41) is 4.64. The van der Waals surface area contributed by atoms with E-state index in [2.05, 4.69) is 44.5 Å². The number of guanidine groups is 1. The normalized spacial score (nSPS) is 11.5. The molecule has 1 aromatic heterocycles. The molecule has 0 atom stereocenters. The molecular formula is C22H28N4O2. The molecule has 0 spiro atoms. The first-order valence-corrected chi connectivity index (χ1v) is 9.34. The third kappa shape index (κ3) is 4.57. The molecule has 148 valence electrons. The molecule has 0 aliphatic heterocycles. The first-order valence-electron chi connectivity index (χ1n) is 9.34. The number of benzene rings is 2.